The lowest BCUT2D eigenvalue weighted by Crippen LogP contribution is -2.53. The summed E-state index contributed by atoms with van der Waals surface area (Å²) in [5.41, 5.74) is 1.05. The Kier molecular flexibility index (Phi) is 9.73. The number of benzene rings is 2. The van der Waals surface area contributed by atoms with Gasteiger partial charge < -0.3 is 10.2 Å². The first-order chi connectivity index (χ1) is 15.6. The van der Waals surface area contributed by atoms with E-state index in [2.05, 4.69) is 5.32 Å². The Morgan fingerprint density at radius 1 is 1.00 bits per heavy atom. The van der Waals surface area contributed by atoms with Crippen molar-refractivity contribution in [2.24, 2.45) is 0 Å². The van der Waals surface area contributed by atoms with Crippen LogP contribution in [0.25, 0.3) is 0 Å². The van der Waals surface area contributed by atoms with Gasteiger partial charge >= 0.3 is 0 Å². The Balaban J connectivity index is 2.43. The second-order valence-electron chi connectivity index (χ2n) is 7.96. The van der Waals surface area contributed by atoms with Crippen molar-refractivity contribution in [3.63, 3.8) is 0 Å². The molecule has 33 heavy (non-hydrogen) atoms. The largest absolute Gasteiger partial charge is 0.352 e. The molecule has 0 bridgehead atoms. The summed E-state index contributed by atoms with van der Waals surface area (Å²) in [5, 5.41) is 3.40. The standard InChI is InChI=1S/C24H32ClN3O4S/c1-5-18(3)26-24(30)22(6-2)27(16-19-12-10-11-15-21(19)25)23(29)17-28(33(4,31)32)20-13-8-7-9-14-20/h7-15,18,22H,5-6,16-17H2,1-4H3,(H,26,30)/t18-,22+/m0/s1. The average Bonchev–Trinajstić information content (AvgIpc) is 2.78. The van der Waals surface area contributed by atoms with Gasteiger partial charge in [0.15, 0.2) is 0 Å². The molecule has 0 fully saturated rings. The van der Waals surface area contributed by atoms with Gasteiger partial charge in [0.05, 0.1) is 11.9 Å². The topological polar surface area (TPSA) is 86.8 Å². The van der Waals surface area contributed by atoms with Gasteiger partial charge in [0.2, 0.25) is 21.8 Å². The van der Waals surface area contributed by atoms with Crippen molar-refractivity contribution in [1.82, 2.24) is 10.2 Å². The number of amides is 2. The fourth-order valence-corrected chi connectivity index (χ4v) is 4.42. The number of sulfonamides is 1. The van der Waals surface area contributed by atoms with Crippen molar-refractivity contribution in [3.8, 4) is 0 Å². The molecule has 0 aliphatic rings. The van der Waals surface area contributed by atoms with E-state index in [4.69, 9.17) is 11.6 Å². The highest BCUT2D eigenvalue weighted by atomic mass is 35.5. The summed E-state index contributed by atoms with van der Waals surface area (Å²) in [6.45, 7) is 5.32. The van der Waals surface area contributed by atoms with Gasteiger partial charge in [0.25, 0.3) is 0 Å². The zero-order valence-electron chi connectivity index (χ0n) is 19.5. The zero-order valence-corrected chi connectivity index (χ0v) is 21.1. The van der Waals surface area contributed by atoms with Crippen LogP contribution in [-0.2, 0) is 26.2 Å². The lowest BCUT2D eigenvalue weighted by Gasteiger charge is -2.33. The van der Waals surface area contributed by atoms with Crippen LogP contribution in [-0.4, -0.2) is 50.0 Å². The van der Waals surface area contributed by atoms with Crippen molar-refractivity contribution >= 4 is 39.1 Å². The maximum absolute atomic E-state index is 13.5. The van der Waals surface area contributed by atoms with Crippen LogP contribution >= 0.6 is 11.6 Å². The van der Waals surface area contributed by atoms with E-state index in [1.807, 2.05) is 20.8 Å². The third kappa shape index (κ3) is 7.47. The second-order valence-corrected chi connectivity index (χ2v) is 10.3. The summed E-state index contributed by atoms with van der Waals surface area (Å²) in [7, 11) is -3.74. The number of anilines is 1. The van der Waals surface area contributed by atoms with E-state index in [0.29, 0.717) is 22.7 Å². The van der Waals surface area contributed by atoms with Crippen molar-refractivity contribution in [3.05, 3.63) is 65.2 Å². The number of nitrogens with one attached hydrogen (secondary N) is 1. The molecule has 2 atom stereocenters. The lowest BCUT2D eigenvalue weighted by molar-refractivity contribution is -0.140. The van der Waals surface area contributed by atoms with Gasteiger partial charge in [-0.15, -0.1) is 0 Å². The molecule has 0 heterocycles. The molecule has 9 heteroatoms. The minimum Gasteiger partial charge on any atom is -0.352 e. The van der Waals surface area contributed by atoms with E-state index in [-0.39, 0.29) is 18.5 Å². The first kappa shape index (κ1) is 26.7. The Morgan fingerprint density at radius 3 is 2.15 bits per heavy atom. The van der Waals surface area contributed by atoms with Gasteiger partial charge in [0.1, 0.15) is 12.6 Å². The molecule has 2 rings (SSSR count). The Bertz CT molecular complexity index is 1050. The number of nitrogens with zero attached hydrogens (tertiary/aromatic N) is 2. The maximum Gasteiger partial charge on any atom is 0.244 e. The maximum atomic E-state index is 13.5. The van der Waals surface area contributed by atoms with Crippen LogP contribution in [0, 0.1) is 0 Å². The number of para-hydroxylation sites is 1. The smallest absolute Gasteiger partial charge is 0.244 e. The van der Waals surface area contributed by atoms with Crippen LogP contribution in [0.4, 0.5) is 5.69 Å². The predicted octanol–water partition coefficient (Wildman–Crippen LogP) is 3.83. The molecule has 0 aliphatic heterocycles. The van der Waals surface area contributed by atoms with E-state index in [9.17, 15) is 18.0 Å². The summed E-state index contributed by atoms with van der Waals surface area (Å²) in [6, 6.07) is 14.7. The van der Waals surface area contributed by atoms with E-state index in [1.54, 1.807) is 54.6 Å². The molecule has 0 saturated carbocycles. The molecule has 180 valence electrons. The quantitative estimate of drug-likeness (QED) is 0.515. The van der Waals surface area contributed by atoms with Crippen LogP contribution < -0.4 is 9.62 Å². The van der Waals surface area contributed by atoms with Gasteiger partial charge in [-0.2, -0.15) is 0 Å². The van der Waals surface area contributed by atoms with Gasteiger partial charge in [-0.25, -0.2) is 8.42 Å². The Morgan fingerprint density at radius 2 is 1.61 bits per heavy atom. The van der Waals surface area contributed by atoms with Crippen molar-refractivity contribution in [1.29, 1.82) is 0 Å². The fraction of sp³-hybridized carbons (Fsp3) is 0.417. The Hall–Kier alpha value is -2.58. The highest BCUT2D eigenvalue weighted by Gasteiger charge is 2.32. The lowest BCUT2D eigenvalue weighted by atomic mass is 10.1. The van der Waals surface area contributed by atoms with Crippen LogP contribution in [0.3, 0.4) is 0 Å². The molecule has 2 aromatic carbocycles. The molecule has 2 amide bonds. The summed E-state index contributed by atoms with van der Waals surface area (Å²) in [6.07, 6.45) is 2.16. The number of rotatable bonds is 11. The fourth-order valence-electron chi connectivity index (χ4n) is 3.38. The minimum atomic E-state index is -3.74. The average molecular weight is 494 g/mol. The number of hydrogen-bond donors (Lipinski definition) is 1. The van der Waals surface area contributed by atoms with Gasteiger partial charge in [-0.05, 0) is 43.5 Å². The summed E-state index contributed by atoms with van der Waals surface area (Å²) in [4.78, 5) is 28.0. The molecule has 0 radical (unpaired) electrons. The number of halogens is 1. The molecule has 1 N–H and O–H groups in total. The monoisotopic (exact) mass is 493 g/mol. The molecule has 0 unspecified atom stereocenters. The number of carbonyl (C=O) groups excluding carboxylic acids is 2. The summed E-state index contributed by atoms with van der Waals surface area (Å²) in [5.74, 6) is -0.770. The Labute approximate surface area is 201 Å². The molecule has 2 aromatic rings. The zero-order chi connectivity index (χ0) is 24.6. The highest BCUT2D eigenvalue weighted by molar-refractivity contribution is 7.92. The predicted molar refractivity (Wildman–Crippen MR) is 133 cm³/mol. The second kappa shape index (κ2) is 12.0. The molecule has 0 saturated heterocycles. The molecule has 0 aliphatic carbocycles. The van der Waals surface area contributed by atoms with E-state index in [0.717, 1.165) is 17.0 Å². The highest BCUT2D eigenvalue weighted by Crippen LogP contribution is 2.22. The summed E-state index contributed by atoms with van der Waals surface area (Å²) < 4.78 is 26.1. The molecule has 0 aromatic heterocycles. The van der Waals surface area contributed by atoms with Gasteiger partial charge in [-0.3, -0.25) is 13.9 Å². The molecular formula is C24H32ClN3O4S. The van der Waals surface area contributed by atoms with Crippen molar-refractivity contribution in [2.75, 3.05) is 17.1 Å². The normalized spacial score (nSPS) is 13.1. The third-order valence-corrected chi connectivity index (χ3v) is 6.92. The van der Waals surface area contributed by atoms with E-state index >= 15 is 0 Å². The van der Waals surface area contributed by atoms with Crippen molar-refractivity contribution < 1.29 is 18.0 Å². The molecule has 7 nitrogen and oxygen atoms in total. The summed E-state index contributed by atoms with van der Waals surface area (Å²) >= 11 is 6.34. The SMILES string of the molecule is CC[C@H](C(=O)N[C@@H](C)CC)N(Cc1ccccc1Cl)C(=O)CN(c1ccccc1)S(C)(=O)=O. The van der Waals surface area contributed by atoms with Crippen molar-refractivity contribution in [2.45, 2.75) is 52.2 Å². The van der Waals surface area contributed by atoms with E-state index in [1.165, 1.54) is 4.90 Å². The number of carbonyl (C=O) groups is 2. The molecular weight excluding hydrogens is 462 g/mol. The number of hydrogen-bond acceptors (Lipinski definition) is 4. The molecule has 0 spiro atoms. The first-order valence-corrected chi connectivity index (χ1v) is 13.2. The van der Waals surface area contributed by atoms with Crippen LogP contribution in [0.1, 0.15) is 39.2 Å². The van der Waals surface area contributed by atoms with Crippen LogP contribution in [0.15, 0.2) is 54.6 Å². The van der Waals surface area contributed by atoms with Crippen LogP contribution in [0.5, 0.6) is 0 Å². The van der Waals surface area contributed by atoms with E-state index < -0.39 is 28.5 Å². The third-order valence-electron chi connectivity index (χ3n) is 5.41. The van der Waals surface area contributed by atoms with Gasteiger partial charge in [-0.1, -0.05) is 61.8 Å². The van der Waals surface area contributed by atoms with Crippen LogP contribution in [0.2, 0.25) is 5.02 Å². The first-order valence-electron chi connectivity index (χ1n) is 10.9. The minimum absolute atomic E-state index is 0.0550. The van der Waals surface area contributed by atoms with Gasteiger partial charge in [0, 0.05) is 17.6 Å².